The SMILES string of the molecule is COC(=O)[C@H](CCc1ccccc1)NC(=O)c1cccc(O)c1. The fourth-order valence-corrected chi connectivity index (χ4v) is 2.24. The van der Waals surface area contributed by atoms with Crippen LogP contribution < -0.4 is 5.32 Å². The summed E-state index contributed by atoms with van der Waals surface area (Å²) in [5.74, 6) is -0.921. The highest BCUT2D eigenvalue weighted by Gasteiger charge is 2.22. The van der Waals surface area contributed by atoms with E-state index in [0.29, 0.717) is 18.4 Å². The Bertz CT molecular complexity index is 670. The highest BCUT2D eigenvalue weighted by Crippen LogP contribution is 2.12. The number of ether oxygens (including phenoxy) is 1. The molecule has 0 aromatic heterocycles. The molecule has 0 aliphatic rings. The Balaban J connectivity index is 2.03. The van der Waals surface area contributed by atoms with Crippen LogP contribution in [-0.4, -0.2) is 30.1 Å². The van der Waals surface area contributed by atoms with Crippen molar-refractivity contribution in [2.45, 2.75) is 18.9 Å². The summed E-state index contributed by atoms with van der Waals surface area (Å²) in [4.78, 5) is 24.1. The molecule has 2 rings (SSSR count). The van der Waals surface area contributed by atoms with Crippen molar-refractivity contribution in [2.24, 2.45) is 0 Å². The number of methoxy groups -OCH3 is 1. The maximum atomic E-state index is 12.2. The summed E-state index contributed by atoms with van der Waals surface area (Å²) < 4.78 is 4.76. The number of rotatable bonds is 6. The number of phenols is 1. The summed E-state index contributed by atoms with van der Waals surface area (Å²) in [7, 11) is 1.29. The lowest BCUT2D eigenvalue weighted by Crippen LogP contribution is -2.41. The predicted molar refractivity (Wildman–Crippen MR) is 86.1 cm³/mol. The van der Waals surface area contributed by atoms with Crippen LogP contribution >= 0.6 is 0 Å². The van der Waals surface area contributed by atoms with Gasteiger partial charge in [-0.05, 0) is 36.6 Å². The minimum Gasteiger partial charge on any atom is -0.508 e. The molecule has 0 saturated carbocycles. The van der Waals surface area contributed by atoms with Crippen LogP contribution in [-0.2, 0) is 16.0 Å². The zero-order valence-electron chi connectivity index (χ0n) is 12.9. The Labute approximate surface area is 134 Å². The van der Waals surface area contributed by atoms with E-state index < -0.39 is 17.9 Å². The lowest BCUT2D eigenvalue weighted by atomic mass is 10.0. The first-order valence-electron chi connectivity index (χ1n) is 7.32. The minimum absolute atomic E-state index is 0.00319. The average molecular weight is 313 g/mol. The van der Waals surface area contributed by atoms with Gasteiger partial charge in [0.15, 0.2) is 0 Å². The van der Waals surface area contributed by atoms with Gasteiger partial charge >= 0.3 is 5.97 Å². The average Bonchev–Trinajstić information content (AvgIpc) is 2.58. The first kappa shape index (κ1) is 16.5. The van der Waals surface area contributed by atoms with Gasteiger partial charge < -0.3 is 15.2 Å². The van der Waals surface area contributed by atoms with Crippen molar-refractivity contribution < 1.29 is 19.4 Å². The monoisotopic (exact) mass is 313 g/mol. The van der Waals surface area contributed by atoms with Crippen molar-refractivity contribution in [3.8, 4) is 5.75 Å². The highest BCUT2D eigenvalue weighted by atomic mass is 16.5. The van der Waals surface area contributed by atoms with Crippen molar-refractivity contribution in [3.05, 3.63) is 65.7 Å². The zero-order chi connectivity index (χ0) is 16.7. The van der Waals surface area contributed by atoms with Crippen LogP contribution in [0, 0.1) is 0 Å². The van der Waals surface area contributed by atoms with Crippen molar-refractivity contribution in [1.29, 1.82) is 0 Å². The van der Waals surface area contributed by atoms with Gasteiger partial charge in [-0.1, -0.05) is 36.4 Å². The molecule has 0 unspecified atom stereocenters. The van der Waals surface area contributed by atoms with E-state index in [4.69, 9.17) is 4.74 Å². The topological polar surface area (TPSA) is 75.6 Å². The molecule has 0 saturated heterocycles. The largest absolute Gasteiger partial charge is 0.508 e. The van der Waals surface area contributed by atoms with Crippen LogP contribution in [0.1, 0.15) is 22.3 Å². The highest BCUT2D eigenvalue weighted by molar-refractivity contribution is 5.97. The number of amides is 1. The number of aryl methyl sites for hydroxylation is 1. The first-order chi connectivity index (χ1) is 11.1. The first-order valence-corrected chi connectivity index (χ1v) is 7.32. The normalized spacial score (nSPS) is 11.5. The molecule has 0 heterocycles. The summed E-state index contributed by atoms with van der Waals surface area (Å²) in [6.45, 7) is 0. The molecule has 0 aliphatic heterocycles. The second-order valence-corrected chi connectivity index (χ2v) is 5.12. The summed E-state index contributed by atoms with van der Waals surface area (Å²) in [6.07, 6.45) is 1.07. The molecule has 1 atom stereocenters. The zero-order valence-corrected chi connectivity index (χ0v) is 12.9. The molecule has 2 aromatic rings. The van der Waals surface area contributed by atoms with Crippen LogP contribution in [0.4, 0.5) is 0 Å². The van der Waals surface area contributed by atoms with E-state index in [1.165, 1.54) is 19.2 Å². The summed E-state index contributed by atoms with van der Waals surface area (Å²) in [5.41, 5.74) is 1.37. The standard InChI is InChI=1S/C18H19NO4/c1-23-18(22)16(11-10-13-6-3-2-4-7-13)19-17(21)14-8-5-9-15(20)12-14/h2-9,12,16,20H,10-11H2,1H3,(H,19,21)/t16-/m0/s1. The number of aromatic hydroxyl groups is 1. The molecular weight excluding hydrogens is 294 g/mol. The van der Waals surface area contributed by atoms with Crippen LogP contribution in [0.3, 0.4) is 0 Å². The van der Waals surface area contributed by atoms with Gasteiger partial charge in [0, 0.05) is 5.56 Å². The molecule has 0 aliphatic carbocycles. The lowest BCUT2D eigenvalue weighted by molar-refractivity contribution is -0.143. The van der Waals surface area contributed by atoms with Gasteiger partial charge in [-0.3, -0.25) is 4.79 Å². The molecule has 120 valence electrons. The van der Waals surface area contributed by atoms with E-state index in [1.54, 1.807) is 12.1 Å². The molecule has 5 nitrogen and oxygen atoms in total. The molecule has 0 spiro atoms. The van der Waals surface area contributed by atoms with Crippen LogP contribution in [0.2, 0.25) is 0 Å². The molecule has 0 bridgehead atoms. The second kappa shape index (κ2) is 7.98. The van der Waals surface area contributed by atoms with Crippen molar-refractivity contribution in [1.82, 2.24) is 5.32 Å². The van der Waals surface area contributed by atoms with Crippen LogP contribution in [0.25, 0.3) is 0 Å². The Kier molecular flexibility index (Phi) is 5.74. The molecule has 0 fully saturated rings. The third-order valence-corrected chi connectivity index (χ3v) is 3.46. The number of nitrogens with one attached hydrogen (secondary N) is 1. The number of esters is 1. The maximum absolute atomic E-state index is 12.2. The Morgan fingerprint density at radius 3 is 2.52 bits per heavy atom. The number of hydrogen-bond acceptors (Lipinski definition) is 4. The third kappa shape index (κ3) is 4.85. The van der Waals surface area contributed by atoms with Crippen LogP contribution in [0.15, 0.2) is 54.6 Å². The van der Waals surface area contributed by atoms with E-state index in [0.717, 1.165) is 5.56 Å². The molecule has 23 heavy (non-hydrogen) atoms. The van der Waals surface area contributed by atoms with E-state index in [-0.39, 0.29) is 5.75 Å². The van der Waals surface area contributed by atoms with Gasteiger partial charge in [-0.15, -0.1) is 0 Å². The molecule has 5 heteroatoms. The Hall–Kier alpha value is -2.82. The second-order valence-electron chi connectivity index (χ2n) is 5.12. The van der Waals surface area contributed by atoms with Crippen molar-refractivity contribution >= 4 is 11.9 Å². The number of hydrogen-bond donors (Lipinski definition) is 2. The summed E-state index contributed by atoms with van der Waals surface area (Å²) in [5, 5.41) is 12.1. The predicted octanol–water partition coefficient (Wildman–Crippen LogP) is 2.30. The van der Waals surface area contributed by atoms with E-state index in [2.05, 4.69) is 5.32 Å². The fraction of sp³-hybridized carbons (Fsp3) is 0.222. The van der Waals surface area contributed by atoms with Crippen molar-refractivity contribution in [3.63, 3.8) is 0 Å². The third-order valence-electron chi connectivity index (χ3n) is 3.46. The number of phenolic OH excluding ortho intramolecular Hbond substituents is 1. The van der Waals surface area contributed by atoms with Gasteiger partial charge in [0.25, 0.3) is 5.91 Å². The van der Waals surface area contributed by atoms with Crippen LogP contribution in [0.5, 0.6) is 5.75 Å². The minimum atomic E-state index is -0.741. The molecular formula is C18H19NO4. The lowest BCUT2D eigenvalue weighted by Gasteiger charge is -2.16. The Morgan fingerprint density at radius 2 is 1.87 bits per heavy atom. The van der Waals surface area contributed by atoms with Crippen molar-refractivity contribution in [2.75, 3.05) is 7.11 Å². The smallest absolute Gasteiger partial charge is 0.328 e. The number of carbonyl (C=O) groups is 2. The van der Waals surface area contributed by atoms with Gasteiger partial charge in [0.1, 0.15) is 11.8 Å². The summed E-state index contributed by atoms with van der Waals surface area (Å²) in [6, 6.07) is 14.9. The quantitative estimate of drug-likeness (QED) is 0.802. The number of carbonyl (C=O) groups excluding carboxylic acids is 2. The molecule has 0 radical (unpaired) electrons. The van der Waals surface area contributed by atoms with E-state index in [9.17, 15) is 14.7 Å². The summed E-state index contributed by atoms with van der Waals surface area (Å²) >= 11 is 0. The van der Waals surface area contributed by atoms with E-state index in [1.807, 2.05) is 30.3 Å². The maximum Gasteiger partial charge on any atom is 0.328 e. The fourth-order valence-electron chi connectivity index (χ4n) is 2.24. The Morgan fingerprint density at radius 1 is 1.13 bits per heavy atom. The van der Waals surface area contributed by atoms with Gasteiger partial charge in [-0.2, -0.15) is 0 Å². The van der Waals surface area contributed by atoms with E-state index >= 15 is 0 Å². The van der Waals surface area contributed by atoms with Gasteiger partial charge in [0.2, 0.25) is 0 Å². The van der Waals surface area contributed by atoms with Gasteiger partial charge in [-0.25, -0.2) is 4.79 Å². The molecule has 2 aromatic carbocycles. The molecule has 1 amide bonds. The van der Waals surface area contributed by atoms with Gasteiger partial charge in [0.05, 0.1) is 7.11 Å². The number of benzene rings is 2. The molecule has 2 N–H and O–H groups in total.